The molecule has 0 unspecified atom stereocenters. The van der Waals surface area contributed by atoms with Crippen molar-refractivity contribution in [1.82, 2.24) is 4.72 Å². The summed E-state index contributed by atoms with van der Waals surface area (Å²) in [4.78, 5) is 0.110. The number of halogens is 1. The highest BCUT2D eigenvalue weighted by Crippen LogP contribution is 2.24. The van der Waals surface area contributed by atoms with E-state index in [9.17, 15) is 8.42 Å². The number of rotatable bonds is 5. The molecule has 0 bridgehead atoms. The Labute approximate surface area is 157 Å². The molecular formula is C20H16ClNO3S. The predicted octanol–water partition coefficient (Wildman–Crippen LogP) is 3.85. The van der Waals surface area contributed by atoms with E-state index in [4.69, 9.17) is 16.3 Å². The van der Waals surface area contributed by atoms with Crippen molar-refractivity contribution in [2.75, 3.05) is 13.2 Å². The molecule has 0 atom stereocenters. The summed E-state index contributed by atoms with van der Waals surface area (Å²) in [6.07, 6.45) is 0. The van der Waals surface area contributed by atoms with Crippen molar-refractivity contribution in [3.8, 4) is 17.6 Å². The van der Waals surface area contributed by atoms with Crippen LogP contribution in [-0.2, 0) is 10.0 Å². The molecule has 0 aromatic heterocycles. The van der Waals surface area contributed by atoms with E-state index in [1.807, 2.05) is 42.5 Å². The van der Waals surface area contributed by atoms with Gasteiger partial charge < -0.3 is 4.74 Å². The molecule has 0 aliphatic carbocycles. The summed E-state index contributed by atoms with van der Waals surface area (Å²) in [7, 11) is -3.63. The predicted molar refractivity (Wildman–Crippen MR) is 104 cm³/mol. The summed E-state index contributed by atoms with van der Waals surface area (Å²) >= 11 is 5.82. The Hall–Kier alpha value is -2.52. The zero-order chi connectivity index (χ0) is 18.4. The molecule has 0 aliphatic heterocycles. The van der Waals surface area contributed by atoms with Gasteiger partial charge in [0.15, 0.2) is 0 Å². The summed E-state index contributed by atoms with van der Waals surface area (Å²) in [5, 5.41) is 2.47. The second kappa shape index (κ2) is 8.24. The minimum absolute atomic E-state index is 0.00621. The molecule has 0 spiro atoms. The average Bonchev–Trinajstić information content (AvgIpc) is 2.64. The van der Waals surface area contributed by atoms with Gasteiger partial charge in [0, 0.05) is 10.4 Å². The summed E-state index contributed by atoms with van der Waals surface area (Å²) in [5.74, 6) is 6.30. The largest absolute Gasteiger partial charge is 0.480 e. The molecule has 0 heterocycles. The lowest BCUT2D eigenvalue weighted by Gasteiger charge is -2.06. The van der Waals surface area contributed by atoms with Crippen molar-refractivity contribution in [3.63, 3.8) is 0 Å². The Morgan fingerprint density at radius 2 is 1.73 bits per heavy atom. The number of hydrogen-bond acceptors (Lipinski definition) is 3. The second-order valence-electron chi connectivity index (χ2n) is 5.40. The van der Waals surface area contributed by atoms with Crippen molar-refractivity contribution >= 4 is 32.4 Å². The van der Waals surface area contributed by atoms with Crippen LogP contribution in [0, 0.1) is 11.8 Å². The van der Waals surface area contributed by atoms with Gasteiger partial charge in [0.25, 0.3) is 0 Å². The number of ether oxygens (including phenoxy) is 1. The van der Waals surface area contributed by atoms with Gasteiger partial charge in [-0.25, -0.2) is 8.42 Å². The molecule has 4 nitrogen and oxygen atoms in total. The highest BCUT2D eigenvalue weighted by atomic mass is 35.5. The van der Waals surface area contributed by atoms with Crippen molar-refractivity contribution in [2.45, 2.75) is 4.90 Å². The van der Waals surface area contributed by atoms with Gasteiger partial charge in [-0.3, -0.25) is 0 Å². The van der Waals surface area contributed by atoms with Crippen LogP contribution in [0.15, 0.2) is 71.6 Å². The fourth-order valence-corrected chi connectivity index (χ4v) is 3.62. The first-order chi connectivity index (χ1) is 12.6. The van der Waals surface area contributed by atoms with E-state index in [0.29, 0.717) is 5.02 Å². The van der Waals surface area contributed by atoms with Crippen LogP contribution < -0.4 is 9.46 Å². The molecule has 3 rings (SSSR count). The zero-order valence-corrected chi connectivity index (χ0v) is 15.3. The van der Waals surface area contributed by atoms with Crippen molar-refractivity contribution in [2.24, 2.45) is 0 Å². The number of fused-ring (bicyclic) bond motifs is 1. The number of benzene rings is 3. The second-order valence-corrected chi connectivity index (χ2v) is 7.60. The molecule has 3 aromatic carbocycles. The normalized spacial score (nSPS) is 11.0. The summed E-state index contributed by atoms with van der Waals surface area (Å²) in [5.41, 5.74) is 0. The third-order valence-corrected chi connectivity index (χ3v) is 5.27. The molecule has 0 saturated carbocycles. The van der Waals surface area contributed by atoms with Gasteiger partial charge in [0.2, 0.25) is 10.0 Å². The van der Waals surface area contributed by atoms with Gasteiger partial charge in [-0.1, -0.05) is 65.9 Å². The van der Waals surface area contributed by atoms with Crippen LogP contribution in [0.2, 0.25) is 5.02 Å². The van der Waals surface area contributed by atoms with Crippen LogP contribution in [0.4, 0.5) is 0 Å². The van der Waals surface area contributed by atoms with E-state index < -0.39 is 10.0 Å². The first-order valence-electron chi connectivity index (χ1n) is 7.88. The maximum Gasteiger partial charge on any atom is 0.241 e. The van der Waals surface area contributed by atoms with Crippen molar-refractivity contribution in [3.05, 3.63) is 71.8 Å². The third kappa shape index (κ3) is 4.55. The highest BCUT2D eigenvalue weighted by Gasteiger charge is 2.12. The average molecular weight is 386 g/mol. The van der Waals surface area contributed by atoms with Crippen LogP contribution in [0.5, 0.6) is 5.75 Å². The first-order valence-corrected chi connectivity index (χ1v) is 9.74. The molecule has 1 N–H and O–H groups in total. The SMILES string of the molecule is O=S(=O)(NCC#CCOc1cccc2ccccc12)c1cccc(Cl)c1. The van der Waals surface area contributed by atoms with E-state index in [1.165, 1.54) is 12.1 Å². The molecule has 0 aliphatic rings. The Bertz CT molecular complexity index is 1080. The molecule has 0 radical (unpaired) electrons. The molecule has 26 heavy (non-hydrogen) atoms. The standard InChI is InChI=1S/C20H16ClNO3S/c21-17-9-6-10-18(15-17)26(23,24)22-13-3-4-14-25-20-12-5-8-16-7-1-2-11-19(16)20/h1-2,5-12,15,22H,13-14H2. The highest BCUT2D eigenvalue weighted by molar-refractivity contribution is 7.89. The van der Waals surface area contributed by atoms with E-state index in [2.05, 4.69) is 16.6 Å². The Balaban J connectivity index is 1.56. The number of nitrogens with one attached hydrogen (secondary N) is 1. The van der Waals surface area contributed by atoms with Gasteiger partial charge in [-0.15, -0.1) is 0 Å². The molecule has 0 fully saturated rings. The maximum absolute atomic E-state index is 12.1. The summed E-state index contributed by atoms with van der Waals surface area (Å²) in [6.45, 7) is 0.167. The van der Waals surface area contributed by atoms with E-state index >= 15 is 0 Å². The summed E-state index contributed by atoms with van der Waals surface area (Å²) in [6, 6.07) is 19.8. The maximum atomic E-state index is 12.1. The number of hydrogen-bond donors (Lipinski definition) is 1. The van der Waals surface area contributed by atoms with E-state index in [1.54, 1.807) is 12.1 Å². The van der Waals surface area contributed by atoms with Crippen molar-refractivity contribution < 1.29 is 13.2 Å². The molecule has 132 valence electrons. The lowest BCUT2D eigenvalue weighted by molar-refractivity contribution is 0.374. The van der Waals surface area contributed by atoms with Gasteiger partial charge >= 0.3 is 0 Å². The number of sulfonamides is 1. The summed E-state index contributed by atoms with van der Waals surface area (Å²) < 4.78 is 32.3. The quantitative estimate of drug-likeness (QED) is 0.678. The van der Waals surface area contributed by atoms with Crippen LogP contribution >= 0.6 is 11.6 Å². The first kappa shape index (κ1) is 18.3. The van der Waals surface area contributed by atoms with Gasteiger partial charge in [0.1, 0.15) is 12.4 Å². The van der Waals surface area contributed by atoms with E-state index in [-0.39, 0.29) is 18.0 Å². The van der Waals surface area contributed by atoms with Crippen molar-refractivity contribution in [1.29, 1.82) is 0 Å². The lowest BCUT2D eigenvalue weighted by Crippen LogP contribution is -2.24. The third-order valence-electron chi connectivity index (χ3n) is 3.63. The molecular weight excluding hydrogens is 370 g/mol. The Kier molecular flexibility index (Phi) is 5.79. The molecule has 0 saturated heterocycles. The lowest BCUT2D eigenvalue weighted by atomic mass is 10.1. The monoisotopic (exact) mass is 385 g/mol. The minimum Gasteiger partial charge on any atom is -0.480 e. The fourth-order valence-electron chi connectivity index (χ4n) is 2.40. The molecule has 0 amide bonds. The molecule has 3 aromatic rings. The Morgan fingerprint density at radius 3 is 2.58 bits per heavy atom. The molecule has 6 heteroatoms. The zero-order valence-electron chi connectivity index (χ0n) is 13.8. The van der Waals surface area contributed by atoms with Crippen LogP contribution in [0.1, 0.15) is 0 Å². The smallest absolute Gasteiger partial charge is 0.241 e. The van der Waals surface area contributed by atoms with Gasteiger partial charge in [0.05, 0.1) is 11.4 Å². The van der Waals surface area contributed by atoms with Gasteiger partial charge in [-0.2, -0.15) is 4.72 Å². The topological polar surface area (TPSA) is 55.4 Å². The fraction of sp³-hybridized carbons (Fsp3) is 0.100. The van der Waals surface area contributed by atoms with Crippen LogP contribution in [-0.4, -0.2) is 21.6 Å². The minimum atomic E-state index is -3.63. The van der Waals surface area contributed by atoms with Gasteiger partial charge in [-0.05, 0) is 29.7 Å². The Morgan fingerprint density at radius 1 is 0.962 bits per heavy atom. The van der Waals surface area contributed by atoms with Crippen LogP contribution in [0.3, 0.4) is 0 Å². The van der Waals surface area contributed by atoms with E-state index in [0.717, 1.165) is 16.5 Å². The van der Waals surface area contributed by atoms with Crippen LogP contribution in [0.25, 0.3) is 10.8 Å².